The molecule has 1 rings (SSSR count). The van der Waals surface area contributed by atoms with Gasteiger partial charge in [0.1, 0.15) is 5.75 Å². The van der Waals surface area contributed by atoms with Crippen LogP contribution in [0.25, 0.3) is 0 Å². The molecular weight excluding hydrogens is 296 g/mol. The summed E-state index contributed by atoms with van der Waals surface area (Å²) >= 11 is 0. The Morgan fingerprint density at radius 1 is 1.23 bits per heavy atom. The Bertz CT molecular complexity index is 518. The molecule has 22 heavy (non-hydrogen) atoms. The van der Waals surface area contributed by atoms with Gasteiger partial charge in [-0.05, 0) is 48.7 Å². The van der Waals surface area contributed by atoms with Crippen molar-refractivity contribution >= 4 is 14.3 Å². The van der Waals surface area contributed by atoms with E-state index in [-0.39, 0.29) is 11.5 Å². The van der Waals surface area contributed by atoms with Crippen LogP contribution in [0.2, 0.25) is 18.1 Å². The third-order valence-electron chi connectivity index (χ3n) is 4.26. The molecule has 0 aliphatic carbocycles. The number of aliphatic carboxylic acids is 1. The van der Waals surface area contributed by atoms with E-state index in [1.54, 1.807) is 7.11 Å². The fraction of sp³-hybridized carbons (Fsp3) is 0.588. The number of benzene rings is 1. The van der Waals surface area contributed by atoms with Crippen LogP contribution in [0.4, 0.5) is 0 Å². The molecule has 1 aromatic carbocycles. The maximum atomic E-state index is 10.6. The molecule has 0 aliphatic rings. The fourth-order valence-electron chi connectivity index (χ4n) is 1.82. The molecule has 1 N–H and O–H groups in total. The molecule has 0 amide bonds. The van der Waals surface area contributed by atoms with E-state index in [1.807, 2.05) is 18.2 Å². The van der Waals surface area contributed by atoms with Gasteiger partial charge in [0, 0.05) is 6.42 Å². The van der Waals surface area contributed by atoms with Gasteiger partial charge < -0.3 is 14.3 Å². The van der Waals surface area contributed by atoms with Crippen LogP contribution < -0.4 is 9.16 Å². The van der Waals surface area contributed by atoms with Gasteiger partial charge in [-0.3, -0.25) is 4.79 Å². The highest BCUT2D eigenvalue weighted by Crippen LogP contribution is 2.40. The minimum absolute atomic E-state index is 0.123. The van der Waals surface area contributed by atoms with Crippen molar-refractivity contribution in [3.63, 3.8) is 0 Å². The van der Waals surface area contributed by atoms with Gasteiger partial charge in [0.25, 0.3) is 8.32 Å². The second kappa shape index (κ2) is 7.18. The van der Waals surface area contributed by atoms with Crippen LogP contribution in [-0.4, -0.2) is 26.5 Å². The third-order valence-corrected chi connectivity index (χ3v) is 8.60. The summed E-state index contributed by atoms with van der Waals surface area (Å²) in [5.41, 5.74) is 1.07. The number of carboxylic acids is 1. The van der Waals surface area contributed by atoms with Crippen LogP contribution in [0.15, 0.2) is 18.2 Å². The quantitative estimate of drug-likeness (QED) is 0.751. The van der Waals surface area contributed by atoms with Gasteiger partial charge in [-0.2, -0.15) is 0 Å². The lowest BCUT2D eigenvalue weighted by molar-refractivity contribution is -0.137. The topological polar surface area (TPSA) is 55.8 Å². The SMILES string of the molecule is COc1cc(CCCC(=O)O)ccc1O[Si](C)(C)C(C)(C)C. The Morgan fingerprint density at radius 3 is 2.36 bits per heavy atom. The van der Waals surface area contributed by atoms with Gasteiger partial charge in [0.2, 0.25) is 0 Å². The average molecular weight is 324 g/mol. The zero-order valence-electron chi connectivity index (χ0n) is 14.5. The first-order chi connectivity index (χ1) is 10.1. The first kappa shape index (κ1) is 18.6. The molecule has 5 heteroatoms. The van der Waals surface area contributed by atoms with E-state index in [9.17, 15) is 4.79 Å². The van der Waals surface area contributed by atoms with Crippen LogP contribution in [-0.2, 0) is 11.2 Å². The molecule has 0 aliphatic heterocycles. The molecule has 0 unspecified atom stereocenters. The summed E-state index contributed by atoms with van der Waals surface area (Å²) in [6, 6.07) is 5.88. The van der Waals surface area contributed by atoms with Crippen LogP contribution in [0, 0.1) is 0 Å². The van der Waals surface area contributed by atoms with E-state index in [1.165, 1.54) is 0 Å². The Kier molecular flexibility index (Phi) is 6.05. The van der Waals surface area contributed by atoms with Crippen molar-refractivity contribution in [1.29, 1.82) is 0 Å². The first-order valence-corrected chi connectivity index (χ1v) is 10.6. The standard InChI is InChI=1S/C17H28O4Si/c1-17(2,3)22(5,6)21-14-11-10-13(12-15(14)20-4)8-7-9-16(18)19/h10-12H,7-9H2,1-6H3,(H,18,19). The van der Waals surface area contributed by atoms with E-state index in [0.29, 0.717) is 6.42 Å². The van der Waals surface area contributed by atoms with E-state index >= 15 is 0 Å². The summed E-state index contributed by atoms with van der Waals surface area (Å²) in [6.45, 7) is 11.0. The number of ether oxygens (including phenoxy) is 1. The van der Waals surface area contributed by atoms with Gasteiger partial charge >= 0.3 is 5.97 Å². The van der Waals surface area contributed by atoms with Crippen molar-refractivity contribution in [2.24, 2.45) is 0 Å². The summed E-state index contributed by atoms with van der Waals surface area (Å²) in [7, 11) is -0.275. The number of hydrogen-bond acceptors (Lipinski definition) is 3. The monoisotopic (exact) mass is 324 g/mol. The molecule has 0 radical (unpaired) electrons. The number of carboxylic acid groups (broad SMARTS) is 1. The van der Waals surface area contributed by atoms with Crippen molar-refractivity contribution in [3.8, 4) is 11.5 Å². The Morgan fingerprint density at radius 2 is 1.86 bits per heavy atom. The minimum atomic E-state index is -1.91. The van der Waals surface area contributed by atoms with E-state index < -0.39 is 14.3 Å². The third kappa shape index (κ3) is 5.05. The lowest BCUT2D eigenvalue weighted by Gasteiger charge is -2.36. The molecule has 0 spiro atoms. The highest BCUT2D eigenvalue weighted by molar-refractivity contribution is 6.74. The summed E-state index contributed by atoms with van der Waals surface area (Å²) in [5.74, 6) is 0.735. The second-order valence-electron chi connectivity index (χ2n) is 7.09. The normalized spacial score (nSPS) is 12.1. The maximum absolute atomic E-state index is 10.6. The molecule has 0 fully saturated rings. The summed E-state index contributed by atoms with van der Waals surface area (Å²) in [5, 5.41) is 8.82. The van der Waals surface area contributed by atoms with Crippen LogP contribution in [0.1, 0.15) is 39.2 Å². The van der Waals surface area contributed by atoms with Gasteiger partial charge in [0.15, 0.2) is 5.75 Å². The van der Waals surface area contributed by atoms with Crippen molar-refractivity contribution in [3.05, 3.63) is 23.8 Å². The average Bonchev–Trinajstić information content (AvgIpc) is 2.38. The highest BCUT2D eigenvalue weighted by atomic mass is 28.4. The van der Waals surface area contributed by atoms with Crippen LogP contribution >= 0.6 is 0 Å². The smallest absolute Gasteiger partial charge is 0.303 e. The summed E-state index contributed by atoms with van der Waals surface area (Å²) < 4.78 is 11.8. The van der Waals surface area contributed by atoms with Crippen LogP contribution in [0.5, 0.6) is 11.5 Å². The van der Waals surface area contributed by atoms with Crippen molar-refractivity contribution < 1.29 is 19.1 Å². The van der Waals surface area contributed by atoms with Gasteiger partial charge in [0.05, 0.1) is 7.11 Å². The van der Waals surface area contributed by atoms with Crippen molar-refractivity contribution in [2.75, 3.05) is 7.11 Å². The molecule has 0 aromatic heterocycles. The van der Waals surface area contributed by atoms with E-state index in [4.69, 9.17) is 14.3 Å². The van der Waals surface area contributed by atoms with Gasteiger partial charge in [-0.15, -0.1) is 0 Å². The summed E-state index contributed by atoms with van der Waals surface area (Å²) in [6.07, 6.45) is 1.54. The number of rotatable bonds is 7. The fourth-order valence-corrected chi connectivity index (χ4v) is 2.85. The molecule has 0 atom stereocenters. The van der Waals surface area contributed by atoms with Gasteiger partial charge in [-0.1, -0.05) is 26.8 Å². The van der Waals surface area contributed by atoms with Crippen molar-refractivity contribution in [1.82, 2.24) is 0 Å². The highest BCUT2D eigenvalue weighted by Gasteiger charge is 2.39. The Balaban J connectivity index is 2.87. The minimum Gasteiger partial charge on any atom is -0.541 e. The Hall–Kier alpha value is -1.49. The molecular formula is C17H28O4Si. The molecule has 0 saturated carbocycles. The number of methoxy groups -OCH3 is 1. The van der Waals surface area contributed by atoms with Crippen LogP contribution in [0.3, 0.4) is 0 Å². The molecule has 0 saturated heterocycles. The largest absolute Gasteiger partial charge is 0.541 e. The van der Waals surface area contributed by atoms with E-state index in [2.05, 4.69) is 33.9 Å². The predicted molar refractivity (Wildman–Crippen MR) is 91.4 cm³/mol. The molecule has 1 aromatic rings. The van der Waals surface area contributed by atoms with Crippen molar-refractivity contribution in [2.45, 2.75) is 58.2 Å². The number of aryl methyl sites for hydroxylation is 1. The second-order valence-corrected chi connectivity index (χ2v) is 11.8. The zero-order chi connectivity index (χ0) is 17.0. The molecule has 124 valence electrons. The zero-order valence-corrected chi connectivity index (χ0v) is 15.5. The lowest BCUT2D eigenvalue weighted by atomic mass is 10.1. The number of carbonyl (C=O) groups is 1. The maximum Gasteiger partial charge on any atom is 0.303 e. The molecule has 0 bridgehead atoms. The predicted octanol–water partition coefficient (Wildman–Crippen LogP) is 4.49. The first-order valence-electron chi connectivity index (χ1n) is 7.64. The lowest BCUT2D eigenvalue weighted by Crippen LogP contribution is -2.43. The number of hydrogen-bond donors (Lipinski definition) is 1. The summed E-state index contributed by atoms with van der Waals surface area (Å²) in [4.78, 5) is 10.6. The van der Waals surface area contributed by atoms with Gasteiger partial charge in [-0.25, -0.2) is 0 Å². The van der Waals surface area contributed by atoms with E-state index in [0.717, 1.165) is 23.5 Å². The molecule has 4 nitrogen and oxygen atoms in total. The molecule has 0 heterocycles. The Labute approximate surface area is 134 Å².